The number of anilines is 1. The van der Waals surface area contributed by atoms with Crippen molar-refractivity contribution in [3.05, 3.63) is 88.5 Å². The second-order valence-electron chi connectivity index (χ2n) is 7.90. The number of aryl methyl sites for hydroxylation is 3. The standard InChI is InChI=1S/C25H28N2O4S/c1-16-12-17(2)14-21(13-16)27-32(29,30)24-15-20(11-10-18(24)3)25(28)26-19(4)22-8-6-7-9-23(22)31-5/h6-15,19,27H,1-5H3,(H,26,28)/t19-/m1/s1. The fraction of sp³-hybridized carbons (Fsp3) is 0.240. The quantitative estimate of drug-likeness (QED) is 0.533. The summed E-state index contributed by atoms with van der Waals surface area (Å²) in [6.07, 6.45) is 0. The molecule has 3 aromatic rings. The van der Waals surface area contributed by atoms with Crippen molar-refractivity contribution in [2.24, 2.45) is 0 Å². The molecular formula is C25H28N2O4S. The van der Waals surface area contributed by atoms with Crippen LogP contribution in [-0.2, 0) is 10.0 Å². The summed E-state index contributed by atoms with van der Waals surface area (Å²) in [7, 11) is -2.30. The molecule has 32 heavy (non-hydrogen) atoms. The fourth-order valence-corrected chi connectivity index (χ4v) is 4.97. The van der Waals surface area contributed by atoms with Crippen LogP contribution in [0.4, 0.5) is 5.69 Å². The van der Waals surface area contributed by atoms with Crippen molar-refractivity contribution in [1.82, 2.24) is 5.32 Å². The van der Waals surface area contributed by atoms with Crippen LogP contribution >= 0.6 is 0 Å². The lowest BCUT2D eigenvalue weighted by Crippen LogP contribution is -2.27. The summed E-state index contributed by atoms with van der Waals surface area (Å²) in [6.45, 7) is 7.37. The molecule has 6 nitrogen and oxygen atoms in total. The van der Waals surface area contributed by atoms with Crippen LogP contribution in [-0.4, -0.2) is 21.4 Å². The van der Waals surface area contributed by atoms with Gasteiger partial charge in [-0.2, -0.15) is 0 Å². The van der Waals surface area contributed by atoms with Gasteiger partial charge in [0.15, 0.2) is 0 Å². The van der Waals surface area contributed by atoms with Gasteiger partial charge in [-0.15, -0.1) is 0 Å². The third-order valence-electron chi connectivity index (χ3n) is 5.17. The van der Waals surface area contributed by atoms with E-state index in [4.69, 9.17) is 4.74 Å². The first-order valence-electron chi connectivity index (χ1n) is 10.3. The molecule has 0 bridgehead atoms. The first-order valence-corrected chi connectivity index (χ1v) is 11.7. The zero-order valence-corrected chi connectivity index (χ0v) is 19.7. The van der Waals surface area contributed by atoms with Gasteiger partial charge < -0.3 is 10.1 Å². The summed E-state index contributed by atoms with van der Waals surface area (Å²) in [6, 6.07) is 17.3. The van der Waals surface area contributed by atoms with E-state index >= 15 is 0 Å². The van der Waals surface area contributed by atoms with Crippen molar-refractivity contribution in [2.45, 2.75) is 38.6 Å². The van der Waals surface area contributed by atoms with Gasteiger partial charge in [0.25, 0.3) is 15.9 Å². The third kappa shape index (κ3) is 5.29. The third-order valence-corrected chi connectivity index (χ3v) is 6.69. The molecule has 0 saturated carbocycles. The van der Waals surface area contributed by atoms with Crippen LogP contribution in [0.2, 0.25) is 0 Å². The maximum absolute atomic E-state index is 13.1. The predicted molar refractivity (Wildman–Crippen MR) is 127 cm³/mol. The number of carbonyl (C=O) groups excluding carboxylic acids is 1. The number of amides is 1. The Kier molecular flexibility index (Phi) is 6.89. The second-order valence-corrected chi connectivity index (χ2v) is 9.55. The van der Waals surface area contributed by atoms with E-state index in [0.717, 1.165) is 16.7 Å². The number of sulfonamides is 1. The van der Waals surface area contributed by atoms with Gasteiger partial charge in [0, 0.05) is 16.8 Å². The zero-order chi connectivity index (χ0) is 23.5. The molecule has 0 aliphatic rings. The number of hydrogen-bond donors (Lipinski definition) is 2. The Morgan fingerprint density at radius 1 is 0.938 bits per heavy atom. The lowest BCUT2D eigenvalue weighted by molar-refractivity contribution is 0.0939. The van der Waals surface area contributed by atoms with Gasteiger partial charge in [0.05, 0.1) is 18.0 Å². The van der Waals surface area contributed by atoms with Crippen molar-refractivity contribution in [3.63, 3.8) is 0 Å². The van der Waals surface area contributed by atoms with Crippen LogP contribution in [0.1, 0.15) is 45.6 Å². The average Bonchev–Trinajstić information content (AvgIpc) is 2.72. The molecule has 3 rings (SSSR count). The number of hydrogen-bond acceptors (Lipinski definition) is 4. The molecule has 2 N–H and O–H groups in total. The normalized spacial score (nSPS) is 12.2. The Labute approximate surface area is 189 Å². The van der Waals surface area contributed by atoms with Crippen LogP contribution in [0, 0.1) is 20.8 Å². The molecule has 0 radical (unpaired) electrons. The highest BCUT2D eigenvalue weighted by molar-refractivity contribution is 7.92. The number of nitrogens with one attached hydrogen (secondary N) is 2. The van der Waals surface area contributed by atoms with E-state index in [1.165, 1.54) is 6.07 Å². The summed E-state index contributed by atoms with van der Waals surface area (Å²) in [5.41, 5.74) is 4.05. The number of rotatable bonds is 7. The number of para-hydroxylation sites is 1. The molecule has 3 aromatic carbocycles. The Hall–Kier alpha value is -3.32. The van der Waals surface area contributed by atoms with Crippen LogP contribution in [0.5, 0.6) is 5.75 Å². The van der Waals surface area contributed by atoms with Gasteiger partial charge in [0.1, 0.15) is 5.75 Å². The topological polar surface area (TPSA) is 84.5 Å². The molecule has 0 fully saturated rings. The molecule has 0 aromatic heterocycles. The van der Waals surface area contributed by atoms with E-state index in [0.29, 0.717) is 17.0 Å². The summed E-state index contributed by atoms with van der Waals surface area (Å²) in [5.74, 6) is 0.302. The van der Waals surface area contributed by atoms with Gasteiger partial charge in [-0.1, -0.05) is 30.3 Å². The van der Waals surface area contributed by atoms with E-state index in [9.17, 15) is 13.2 Å². The molecule has 7 heteroatoms. The molecule has 0 aliphatic heterocycles. The zero-order valence-electron chi connectivity index (χ0n) is 18.9. The lowest BCUT2D eigenvalue weighted by Gasteiger charge is -2.18. The molecule has 1 atom stereocenters. The molecular weight excluding hydrogens is 424 g/mol. The van der Waals surface area contributed by atoms with Gasteiger partial charge >= 0.3 is 0 Å². The Morgan fingerprint density at radius 3 is 2.25 bits per heavy atom. The minimum absolute atomic E-state index is 0.0641. The van der Waals surface area contributed by atoms with Crippen molar-refractivity contribution in [3.8, 4) is 5.75 Å². The molecule has 1 amide bonds. The molecule has 0 saturated heterocycles. The van der Waals surface area contributed by atoms with E-state index in [-0.39, 0.29) is 22.4 Å². The van der Waals surface area contributed by atoms with Crippen molar-refractivity contribution in [1.29, 1.82) is 0 Å². The highest BCUT2D eigenvalue weighted by Gasteiger charge is 2.21. The summed E-state index contributed by atoms with van der Waals surface area (Å²) < 4.78 is 34.2. The highest BCUT2D eigenvalue weighted by Crippen LogP contribution is 2.26. The van der Waals surface area contributed by atoms with Gasteiger partial charge in [-0.05, 0) is 74.7 Å². The maximum atomic E-state index is 13.1. The number of ether oxygens (including phenoxy) is 1. The summed E-state index contributed by atoms with van der Waals surface area (Å²) >= 11 is 0. The van der Waals surface area contributed by atoms with Crippen LogP contribution < -0.4 is 14.8 Å². The van der Waals surface area contributed by atoms with E-state index in [1.54, 1.807) is 38.3 Å². The number of benzene rings is 3. The Bertz CT molecular complexity index is 1230. The Balaban J connectivity index is 1.86. The van der Waals surface area contributed by atoms with Gasteiger partial charge in [-0.25, -0.2) is 8.42 Å². The SMILES string of the molecule is COc1ccccc1[C@@H](C)NC(=O)c1ccc(C)c(S(=O)(=O)Nc2cc(C)cc(C)c2)c1. The molecule has 168 valence electrons. The van der Waals surface area contributed by atoms with Crippen LogP contribution in [0.25, 0.3) is 0 Å². The smallest absolute Gasteiger partial charge is 0.262 e. The predicted octanol–water partition coefficient (Wildman–Crippen LogP) is 4.91. The summed E-state index contributed by atoms with van der Waals surface area (Å²) in [5, 5.41) is 2.92. The molecule has 0 aliphatic carbocycles. The minimum atomic E-state index is -3.87. The van der Waals surface area contributed by atoms with Crippen LogP contribution in [0.3, 0.4) is 0 Å². The van der Waals surface area contributed by atoms with Crippen molar-refractivity contribution in [2.75, 3.05) is 11.8 Å². The van der Waals surface area contributed by atoms with Crippen molar-refractivity contribution >= 4 is 21.6 Å². The lowest BCUT2D eigenvalue weighted by atomic mass is 10.1. The largest absolute Gasteiger partial charge is 0.496 e. The highest BCUT2D eigenvalue weighted by atomic mass is 32.2. The van der Waals surface area contributed by atoms with E-state index in [2.05, 4.69) is 10.0 Å². The second kappa shape index (κ2) is 9.44. The van der Waals surface area contributed by atoms with Crippen LogP contribution in [0.15, 0.2) is 65.6 Å². The maximum Gasteiger partial charge on any atom is 0.262 e. The van der Waals surface area contributed by atoms with Crippen molar-refractivity contribution < 1.29 is 17.9 Å². The molecule has 0 spiro atoms. The monoisotopic (exact) mass is 452 g/mol. The number of methoxy groups -OCH3 is 1. The average molecular weight is 453 g/mol. The fourth-order valence-electron chi connectivity index (χ4n) is 3.66. The van der Waals surface area contributed by atoms with E-state index in [1.807, 2.05) is 51.1 Å². The Morgan fingerprint density at radius 2 is 1.59 bits per heavy atom. The molecule has 0 unspecified atom stereocenters. The van der Waals surface area contributed by atoms with E-state index < -0.39 is 10.0 Å². The first kappa shape index (κ1) is 23.3. The number of carbonyl (C=O) groups is 1. The van der Waals surface area contributed by atoms with Gasteiger partial charge in [0.2, 0.25) is 0 Å². The van der Waals surface area contributed by atoms with Gasteiger partial charge in [-0.3, -0.25) is 9.52 Å². The summed E-state index contributed by atoms with van der Waals surface area (Å²) in [4.78, 5) is 13.0. The first-order chi connectivity index (χ1) is 15.1. The molecule has 0 heterocycles. The minimum Gasteiger partial charge on any atom is -0.496 e.